The van der Waals surface area contributed by atoms with Gasteiger partial charge in [0.25, 0.3) is 0 Å². The van der Waals surface area contributed by atoms with Gasteiger partial charge in [0.1, 0.15) is 0 Å². The van der Waals surface area contributed by atoms with E-state index in [9.17, 15) is 9.90 Å². The average molecular weight is 523 g/mol. The molecule has 1 aliphatic heterocycles. The molecule has 0 spiro atoms. The second-order valence-electron chi connectivity index (χ2n) is 8.91. The third-order valence-corrected chi connectivity index (χ3v) is 7.23. The maximum atomic E-state index is 12.2. The van der Waals surface area contributed by atoms with Gasteiger partial charge in [-0.15, -0.1) is 0 Å². The number of aliphatic hydroxyl groups is 2. The van der Waals surface area contributed by atoms with Crippen LogP contribution in [0.5, 0.6) is 0 Å². The van der Waals surface area contributed by atoms with Gasteiger partial charge in [0.05, 0.1) is 25.4 Å². The van der Waals surface area contributed by atoms with Gasteiger partial charge in [0.2, 0.25) is 0 Å². The highest BCUT2D eigenvalue weighted by atomic mass is 32.2. The Morgan fingerprint density at radius 3 is 2.08 bits per heavy atom. The minimum atomic E-state index is -0.521. The normalized spacial score (nSPS) is 19.4. The SMILES string of the molecule is O=C(NCc1ccccc1)NCc1ccc(C2OC(CSCCO)CC(c3ccc(CO)cc3)O2)cc1. The minimum absolute atomic E-state index is 0.00779. The van der Waals surface area contributed by atoms with Crippen LogP contribution in [0.3, 0.4) is 0 Å². The molecule has 3 aromatic carbocycles. The van der Waals surface area contributed by atoms with Gasteiger partial charge in [-0.1, -0.05) is 78.9 Å². The molecule has 7 nitrogen and oxygen atoms in total. The lowest BCUT2D eigenvalue weighted by Crippen LogP contribution is -2.34. The van der Waals surface area contributed by atoms with Crippen LogP contribution in [0.25, 0.3) is 0 Å². The van der Waals surface area contributed by atoms with E-state index in [4.69, 9.17) is 14.6 Å². The number of benzene rings is 3. The Morgan fingerprint density at radius 2 is 1.43 bits per heavy atom. The number of urea groups is 1. The molecule has 3 aromatic rings. The van der Waals surface area contributed by atoms with Gasteiger partial charge in [-0.05, 0) is 22.3 Å². The molecule has 4 rings (SSSR count). The number of ether oxygens (including phenoxy) is 2. The second kappa shape index (κ2) is 14.2. The number of hydrogen-bond acceptors (Lipinski definition) is 6. The van der Waals surface area contributed by atoms with Crippen molar-refractivity contribution in [2.75, 3.05) is 18.1 Å². The van der Waals surface area contributed by atoms with E-state index in [1.54, 1.807) is 11.8 Å². The second-order valence-corrected chi connectivity index (χ2v) is 10.1. The maximum Gasteiger partial charge on any atom is 0.315 e. The van der Waals surface area contributed by atoms with E-state index in [1.165, 1.54) is 0 Å². The summed E-state index contributed by atoms with van der Waals surface area (Å²) in [7, 11) is 0. The first-order chi connectivity index (χ1) is 18.1. The molecule has 0 radical (unpaired) electrons. The molecule has 196 valence electrons. The zero-order valence-corrected chi connectivity index (χ0v) is 21.5. The molecule has 4 N–H and O–H groups in total. The fourth-order valence-corrected chi connectivity index (χ4v) is 4.89. The van der Waals surface area contributed by atoms with Crippen LogP contribution in [0.15, 0.2) is 78.9 Å². The van der Waals surface area contributed by atoms with Crippen molar-refractivity contribution in [1.29, 1.82) is 0 Å². The number of carbonyl (C=O) groups excluding carboxylic acids is 1. The van der Waals surface area contributed by atoms with Gasteiger partial charge < -0.3 is 30.3 Å². The van der Waals surface area contributed by atoms with Crippen LogP contribution in [-0.4, -0.2) is 40.5 Å². The Morgan fingerprint density at radius 1 is 0.811 bits per heavy atom. The van der Waals surface area contributed by atoms with E-state index in [-0.39, 0.29) is 31.5 Å². The predicted octanol–water partition coefficient (Wildman–Crippen LogP) is 4.45. The van der Waals surface area contributed by atoms with Gasteiger partial charge in [0, 0.05) is 36.6 Å². The highest BCUT2D eigenvalue weighted by Crippen LogP contribution is 2.38. The van der Waals surface area contributed by atoms with E-state index >= 15 is 0 Å². The summed E-state index contributed by atoms with van der Waals surface area (Å²) >= 11 is 1.66. The molecule has 1 saturated heterocycles. The monoisotopic (exact) mass is 522 g/mol. The van der Waals surface area contributed by atoms with Crippen molar-refractivity contribution in [1.82, 2.24) is 10.6 Å². The molecule has 1 heterocycles. The molecule has 3 atom stereocenters. The van der Waals surface area contributed by atoms with Crippen LogP contribution >= 0.6 is 11.8 Å². The zero-order valence-electron chi connectivity index (χ0n) is 20.7. The summed E-state index contributed by atoms with van der Waals surface area (Å²) in [4.78, 5) is 12.2. The van der Waals surface area contributed by atoms with Crippen molar-refractivity contribution >= 4 is 17.8 Å². The molecule has 0 aliphatic carbocycles. The van der Waals surface area contributed by atoms with E-state index < -0.39 is 6.29 Å². The Hall–Kier alpha value is -2.88. The first-order valence-corrected chi connectivity index (χ1v) is 13.6. The maximum absolute atomic E-state index is 12.2. The van der Waals surface area contributed by atoms with Gasteiger partial charge in [-0.25, -0.2) is 4.79 Å². The molecular weight excluding hydrogens is 488 g/mol. The Kier molecular flexibility index (Phi) is 10.4. The van der Waals surface area contributed by atoms with Crippen LogP contribution in [0.1, 0.15) is 46.6 Å². The highest BCUT2D eigenvalue weighted by molar-refractivity contribution is 7.99. The van der Waals surface area contributed by atoms with E-state index in [0.29, 0.717) is 25.3 Å². The van der Waals surface area contributed by atoms with E-state index in [0.717, 1.165) is 33.6 Å². The predicted molar refractivity (Wildman–Crippen MR) is 145 cm³/mol. The number of rotatable bonds is 11. The van der Waals surface area contributed by atoms with Crippen LogP contribution in [0.2, 0.25) is 0 Å². The van der Waals surface area contributed by atoms with Crippen molar-refractivity contribution in [3.8, 4) is 0 Å². The lowest BCUT2D eigenvalue weighted by molar-refractivity contribution is -0.245. The number of hydrogen-bond donors (Lipinski definition) is 4. The Labute approximate surface area is 222 Å². The molecule has 0 bridgehead atoms. The first-order valence-electron chi connectivity index (χ1n) is 12.5. The average Bonchev–Trinajstić information content (AvgIpc) is 2.96. The molecule has 0 saturated carbocycles. The van der Waals surface area contributed by atoms with Gasteiger partial charge in [-0.3, -0.25) is 0 Å². The van der Waals surface area contributed by atoms with Crippen LogP contribution in [0.4, 0.5) is 4.79 Å². The smallest absolute Gasteiger partial charge is 0.315 e. The summed E-state index contributed by atoms with van der Waals surface area (Å²) in [5, 5.41) is 24.3. The summed E-state index contributed by atoms with van der Waals surface area (Å²) in [6.45, 7) is 1.04. The molecular formula is C29H34N2O5S. The third-order valence-electron chi connectivity index (χ3n) is 6.16. The standard InChI is InChI=1S/C29H34N2O5S/c32-14-15-37-20-26-16-27(24-10-8-23(19-33)9-11-24)36-28(35-26)25-12-6-22(7-13-25)18-31-29(34)30-17-21-4-2-1-3-5-21/h1-13,26-28,32-33H,14-20H2,(H2,30,31,34). The van der Waals surface area contributed by atoms with Gasteiger partial charge >= 0.3 is 6.03 Å². The van der Waals surface area contributed by atoms with Crippen molar-refractivity contribution in [3.63, 3.8) is 0 Å². The number of thioether (sulfide) groups is 1. The minimum Gasteiger partial charge on any atom is -0.396 e. The molecule has 1 fully saturated rings. The number of amides is 2. The first kappa shape index (κ1) is 27.2. The summed E-state index contributed by atoms with van der Waals surface area (Å²) in [5.74, 6) is 1.44. The molecule has 0 aromatic heterocycles. The lowest BCUT2D eigenvalue weighted by Gasteiger charge is -2.36. The number of nitrogens with one attached hydrogen (secondary N) is 2. The molecule has 2 amide bonds. The van der Waals surface area contributed by atoms with Crippen LogP contribution < -0.4 is 10.6 Å². The fourth-order valence-electron chi connectivity index (χ4n) is 4.12. The fraction of sp³-hybridized carbons (Fsp3) is 0.345. The van der Waals surface area contributed by atoms with Crippen molar-refractivity contribution in [3.05, 3.63) is 107 Å². The van der Waals surface area contributed by atoms with Gasteiger partial charge in [-0.2, -0.15) is 11.8 Å². The van der Waals surface area contributed by atoms with Crippen LogP contribution in [0, 0.1) is 0 Å². The Balaban J connectivity index is 1.35. The number of aliphatic hydroxyl groups excluding tert-OH is 2. The largest absolute Gasteiger partial charge is 0.396 e. The third kappa shape index (κ3) is 8.31. The van der Waals surface area contributed by atoms with Gasteiger partial charge in [0.15, 0.2) is 6.29 Å². The molecule has 1 aliphatic rings. The number of carbonyl (C=O) groups is 1. The van der Waals surface area contributed by atoms with E-state index in [2.05, 4.69) is 10.6 Å². The Bertz CT molecular complexity index is 1100. The molecule has 37 heavy (non-hydrogen) atoms. The zero-order chi connectivity index (χ0) is 25.9. The highest BCUT2D eigenvalue weighted by Gasteiger charge is 2.32. The summed E-state index contributed by atoms with van der Waals surface area (Å²) in [6.07, 6.45) is 0.0357. The quantitative estimate of drug-likeness (QED) is 0.278. The summed E-state index contributed by atoms with van der Waals surface area (Å²) in [5.41, 5.74) is 4.84. The van der Waals surface area contributed by atoms with Crippen molar-refractivity contribution < 1.29 is 24.5 Å². The topological polar surface area (TPSA) is 100 Å². The molecule has 8 heteroatoms. The van der Waals surface area contributed by atoms with E-state index in [1.807, 2.05) is 78.9 Å². The molecule has 3 unspecified atom stereocenters. The van der Waals surface area contributed by atoms with Crippen molar-refractivity contribution in [2.24, 2.45) is 0 Å². The lowest BCUT2D eigenvalue weighted by atomic mass is 10.0. The van der Waals surface area contributed by atoms with Crippen LogP contribution in [-0.2, 0) is 29.2 Å². The summed E-state index contributed by atoms with van der Waals surface area (Å²) in [6, 6.07) is 25.3. The summed E-state index contributed by atoms with van der Waals surface area (Å²) < 4.78 is 12.6. The van der Waals surface area contributed by atoms with Crippen molar-refractivity contribution in [2.45, 2.75) is 44.6 Å².